The Morgan fingerprint density at radius 3 is 2.61 bits per heavy atom. The molecule has 3 rings (SSSR count). The second kappa shape index (κ2) is 5.15. The summed E-state index contributed by atoms with van der Waals surface area (Å²) in [6, 6.07) is 0. The van der Waals surface area contributed by atoms with Crippen LogP contribution in [0.4, 0.5) is 0 Å². The Morgan fingerprint density at radius 1 is 1.28 bits per heavy atom. The summed E-state index contributed by atoms with van der Waals surface area (Å²) in [5, 5.41) is 2.90. The molecule has 3 saturated heterocycles. The van der Waals surface area contributed by atoms with Crippen molar-refractivity contribution < 1.29 is 14.3 Å². The molecule has 3 aliphatic rings. The molecule has 5 nitrogen and oxygen atoms in total. The summed E-state index contributed by atoms with van der Waals surface area (Å²) in [6.45, 7) is 5.40. The number of hydrogen-bond acceptors (Lipinski definition) is 4. The van der Waals surface area contributed by atoms with Gasteiger partial charge in [0.1, 0.15) is 0 Å². The number of likely N-dealkylation sites (tertiary alicyclic amines) is 1. The summed E-state index contributed by atoms with van der Waals surface area (Å²) >= 11 is 0. The fourth-order valence-electron chi connectivity index (χ4n) is 3.16. The van der Waals surface area contributed by atoms with Gasteiger partial charge in [0.25, 0.3) is 0 Å². The van der Waals surface area contributed by atoms with E-state index in [0.29, 0.717) is 0 Å². The number of carbonyl (C=O) groups excluding carboxylic acids is 1. The van der Waals surface area contributed by atoms with Crippen molar-refractivity contribution in [2.75, 3.05) is 39.4 Å². The van der Waals surface area contributed by atoms with Crippen LogP contribution in [-0.4, -0.2) is 56.0 Å². The maximum atomic E-state index is 11.5. The van der Waals surface area contributed by atoms with Crippen LogP contribution >= 0.6 is 0 Å². The first-order chi connectivity index (χ1) is 8.77. The molecule has 1 atom stereocenters. The van der Waals surface area contributed by atoms with Crippen molar-refractivity contribution in [2.24, 2.45) is 5.92 Å². The van der Waals surface area contributed by atoms with E-state index < -0.39 is 0 Å². The van der Waals surface area contributed by atoms with Gasteiger partial charge in [0.2, 0.25) is 5.91 Å². The summed E-state index contributed by atoms with van der Waals surface area (Å²) in [5.74, 6) is 0.201. The number of rotatable bonds is 3. The molecule has 0 saturated carbocycles. The van der Waals surface area contributed by atoms with Crippen molar-refractivity contribution in [3.63, 3.8) is 0 Å². The minimum absolute atomic E-state index is 0.236. The Hall–Kier alpha value is -0.650. The first-order valence-corrected chi connectivity index (χ1v) is 7.05. The van der Waals surface area contributed by atoms with Crippen LogP contribution < -0.4 is 5.32 Å². The van der Waals surface area contributed by atoms with Gasteiger partial charge < -0.3 is 19.7 Å². The van der Waals surface area contributed by atoms with Crippen LogP contribution in [0.3, 0.4) is 0 Å². The minimum atomic E-state index is -0.277. The third kappa shape index (κ3) is 2.53. The number of hydrogen-bond donors (Lipinski definition) is 1. The molecule has 3 fully saturated rings. The smallest absolute Gasteiger partial charge is 0.223 e. The fourth-order valence-corrected chi connectivity index (χ4v) is 3.16. The zero-order chi connectivity index (χ0) is 12.4. The van der Waals surface area contributed by atoms with Crippen LogP contribution in [-0.2, 0) is 14.3 Å². The van der Waals surface area contributed by atoms with Crippen LogP contribution in [0.15, 0.2) is 0 Å². The SMILES string of the molecule is O=C1NCCC1CCN1CCC2(CC1)OCCO2. The molecule has 0 aromatic rings. The van der Waals surface area contributed by atoms with Gasteiger partial charge in [-0.1, -0.05) is 0 Å². The van der Waals surface area contributed by atoms with Crippen LogP contribution in [0.5, 0.6) is 0 Å². The molecule has 0 aromatic heterocycles. The van der Waals surface area contributed by atoms with E-state index in [1.807, 2.05) is 0 Å². The fraction of sp³-hybridized carbons (Fsp3) is 0.923. The zero-order valence-corrected chi connectivity index (χ0v) is 10.8. The Labute approximate surface area is 108 Å². The van der Waals surface area contributed by atoms with E-state index >= 15 is 0 Å². The average Bonchev–Trinajstić information content (AvgIpc) is 2.99. The van der Waals surface area contributed by atoms with Gasteiger partial charge >= 0.3 is 0 Å². The van der Waals surface area contributed by atoms with Gasteiger partial charge in [-0.05, 0) is 19.4 Å². The maximum absolute atomic E-state index is 11.5. The number of nitrogens with one attached hydrogen (secondary N) is 1. The third-order valence-electron chi connectivity index (χ3n) is 4.39. The van der Waals surface area contributed by atoms with Crippen LogP contribution in [0.2, 0.25) is 0 Å². The lowest BCUT2D eigenvalue weighted by Crippen LogP contribution is -2.45. The molecule has 0 bridgehead atoms. The number of carbonyl (C=O) groups is 1. The highest BCUT2D eigenvalue weighted by molar-refractivity contribution is 5.80. The molecule has 3 aliphatic heterocycles. The van der Waals surface area contributed by atoms with Crippen molar-refractivity contribution in [1.29, 1.82) is 0 Å². The molecule has 5 heteroatoms. The van der Waals surface area contributed by atoms with Crippen LogP contribution in [0.1, 0.15) is 25.7 Å². The van der Waals surface area contributed by atoms with Crippen molar-refractivity contribution in [2.45, 2.75) is 31.5 Å². The summed E-state index contributed by atoms with van der Waals surface area (Å²) < 4.78 is 11.4. The molecule has 102 valence electrons. The highest BCUT2D eigenvalue weighted by Crippen LogP contribution is 2.31. The van der Waals surface area contributed by atoms with Gasteiger partial charge in [-0.25, -0.2) is 0 Å². The predicted octanol–water partition coefficient (Wildman–Crippen LogP) is 0.351. The summed E-state index contributed by atoms with van der Waals surface area (Å²) in [6.07, 6.45) is 3.91. The summed E-state index contributed by atoms with van der Waals surface area (Å²) in [5.41, 5.74) is 0. The van der Waals surface area contributed by atoms with E-state index in [4.69, 9.17) is 9.47 Å². The largest absolute Gasteiger partial charge is 0.356 e. The second-order valence-electron chi connectivity index (χ2n) is 5.51. The lowest BCUT2D eigenvalue weighted by atomic mass is 10.0. The third-order valence-corrected chi connectivity index (χ3v) is 4.39. The van der Waals surface area contributed by atoms with Crippen molar-refractivity contribution in [3.05, 3.63) is 0 Å². The zero-order valence-electron chi connectivity index (χ0n) is 10.8. The van der Waals surface area contributed by atoms with Gasteiger partial charge in [0.15, 0.2) is 5.79 Å². The Bertz CT molecular complexity index is 305. The number of amides is 1. The molecule has 0 aromatic carbocycles. The van der Waals surface area contributed by atoms with E-state index in [1.54, 1.807) is 0 Å². The lowest BCUT2D eigenvalue weighted by Gasteiger charge is -2.37. The van der Waals surface area contributed by atoms with Gasteiger partial charge in [-0.2, -0.15) is 0 Å². The predicted molar refractivity (Wildman–Crippen MR) is 66.0 cm³/mol. The van der Waals surface area contributed by atoms with Crippen molar-refractivity contribution in [1.82, 2.24) is 10.2 Å². The van der Waals surface area contributed by atoms with E-state index in [1.165, 1.54) is 0 Å². The van der Waals surface area contributed by atoms with E-state index in [0.717, 1.165) is 65.1 Å². The monoisotopic (exact) mass is 254 g/mol. The molecule has 0 aliphatic carbocycles. The number of piperidine rings is 1. The molecule has 0 radical (unpaired) electrons. The molecule has 1 spiro atoms. The lowest BCUT2D eigenvalue weighted by molar-refractivity contribution is -0.185. The maximum Gasteiger partial charge on any atom is 0.223 e. The topological polar surface area (TPSA) is 50.8 Å². The van der Waals surface area contributed by atoms with Gasteiger partial charge in [-0.3, -0.25) is 4.79 Å². The summed E-state index contributed by atoms with van der Waals surface area (Å²) in [4.78, 5) is 13.9. The Kier molecular flexibility index (Phi) is 3.54. The second-order valence-corrected chi connectivity index (χ2v) is 5.51. The Morgan fingerprint density at radius 2 is 2.00 bits per heavy atom. The first kappa shape index (κ1) is 12.4. The van der Waals surface area contributed by atoms with Gasteiger partial charge in [0, 0.05) is 38.4 Å². The van der Waals surface area contributed by atoms with E-state index in [2.05, 4.69) is 10.2 Å². The standard InChI is InChI=1S/C13H22N2O3/c16-12-11(1-5-14-12)2-6-15-7-3-13(4-8-15)17-9-10-18-13/h11H,1-10H2,(H,14,16). The quantitative estimate of drug-likeness (QED) is 0.789. The Balaban J connectivity index is 1.41. The van der Waals surface area contributed by atoms with E-state index in [-0.39, 0.29) is 17.6 Å². The molecular formula is C13H22N2O3. The van der Waals surface area contributed by atoms with Crippen LogP contribution in [0, 0.1) is 5.92 Å². The highest BCUT2D eigenvalue weighted by Gasteiger charge is 2.39. The molecule has 3 heterocycles. The molecular weight excluding hydrogens is 232 g/mol. The van der Waals surface area contributed by atoms with Crippen molar-refractivity contribution in [3.8, 4) is 0 Å². The molecule has 1 N–H and O–H groups in total. The molecule has 1 unspecified atom stereocenters. The highest BCUT2D eigenvalue weighted by atomic mass is 16.7. The first-order valence-electron chi connectivity index (χ1n) is 7.05. The molecule has 18 heavy (non-hydrogen) atoms. The van der Waals surface area contributed by atoms with Crippen molar-refractivity contribution >= 4 is 5.91 Å². The number of nitrogens with zero attached hydrogens (tertiary/aromatic N) is 1. The van der Waals surface area contributed by atoms with Gasteiger partial charge in [0.05, 0.1) is 13.2 Å². The minimum Gasteiger partial charge on any atom is -0.356 e. The summed E-state index contributed by atoms with van der Waals surface area (Å²) in [7, 11) is 0. The average molecular weight is 254 g/mol. The van der Waals surface area contributed by atoms with E-state index in [9.17, 15) is 4.79 Å². The molecule has 1 amide bonds. The van der Waals surface area contributed by atoms with Crippen LogP contribution in [0.25, 0.3) is 0 Å². The number of ether oxygens (including phenoxy) is 2. The normalized spacial score (nSPS) is 32.0. The van der Waals surface area contributed by atoms with Gasteiger partial charge in [-0.15, -0.1) is 0 Å².